The maximum absolute atomic E-state index is 11.9. The lowest BCUT2D eigenvalue weighted by Crippen LogP contribution is -2.36. The van der Waals surface area contributed by atoms with Crippen LogP contribution in [-0.4, -0.2) is 11.8 Å². The van der Waals surface area contributed by atoms with E-state index in [1.165, 1.54) is 11.1 Å². The summed E-state index contributed by atoms with van der Waals surface area (Å²) in [6.45, 7) is 0. The number of rotatable bonds is 4. The number of Topliss-reactive ketones (excluding diaryl/α,β-unsaturated/α-hetero) is 1. The summed E-state index contributed by atoms with van der Waals surface area (Å²) in [5, 5.41) is 3.55. The molecular formula is C18H19NO. The van der Waals surface area contributed by atoms with Crippen molar-refractivity contribution in [3.63, 3.8) is 0 Å². The average molecular weight is 265 g/mol. The van der Waals surface area contributed by atoms with Crippen LogP contribution in [0.2, 0.25) is 0 Å². The number of carbonyl (C=O) groups excluding carboxylic acids is 1. The van der Waals surface area contributed by atoms with Gasteiger partial charge in [-0.3, -0.25) is 10.1 Å². The van der Waals surface area contributed by atoms with E-state index in [4.69, 9.17) is 0 Å². The van der Waals surface area contributed by atoms with Crippen LogP contribution in [0.5, 0.6) is 0 Å². The summed E-state index contributed by atoms with van der Waals surface area (Å²) in [6, 6.07) is 20.8. The van der Waals surface area contributed by atoms with Gasteiger partial charge in [0.05, 0.1) is 12.1 Å². The predicted molar refractivity (Wildman–Crippen MR) is 80.5 cm³/mol. The second-order valence-corrected chi connectivity index (χ2v) is 5.33. The molecule has 0 heterocycles. The fourth-order valence-electron chi connectivity index (χ4n) is 2.87. The van der Waals surface area contributed by atoms with Crippen LogP contribution in [0.25, 0.3) is 0 Å². The van der Waals surface area contributed by atoms with Crippen molar-refractivity contribution in [3.8, 4) is 0 Å². The first-order valence-corrected chi connectivity index (χ1v) is 7.23. The van der Waals surface area contributed by atoms with Crippen molar-refractivity contribution in [1.29, 1.82) is 0 Å². The van der Waals surface area contributed by atoms with Crippen molar-refractivity contribution < 1.29 is 4.79 Å². The van der Waals surface area contributed by atoms with Crippen LogP contribution in [0.15, 0.2) is 60.7 Å². The largest absolute Gasteiger partial charge is 0.298 e. The molecule has 20 heavy (non-hydrogen) atoms. The van der Waals surface area contributed by atoms with Gasteiger partial charge in [0.25, 0.3) is 0 Å². The zero-order valence-corrected chi connectivity index (χ0v) is 11.5. The Morgan fingerprint density at radius 1 is 0.900 bits per heavy atom. The molecule has 1 N–H and O–H groups in total. The van der Waals surface area contributed by atoms with Crippen LogP contribution in [-0.2, 0) is 4.79 Å². The molecule has 3 rings (SSSR count). The van der Waals surface area contributed by atoms with Crippen LogP contribution < -0.4 is 5.32 Å². The number of hydrogen-bond donors (Lipinski definition) is 1. The Labute approximate surface area is 119 Å². The van der Waals surface area contributed by atoms with Gasteiger partial charge in [0.15, 0.2) is 0 Å². The molecule has 1 atom stereocenters. The highest BCUT2D eigenvalue weighted by atomic mass is 16.1. The van der Waals surface area contributed by atoms with Gasteiger partial charge in [-0.1, -0.05) is 60.7 Å². The molecule has 2 aromatic carbocycles. The van der Waals surface area contributed by atoms with E-state index in [1.807, 2.05) is 36.4 Å². The van der Waals surface area contributed by atoms with Crippen molar-refractivity contribution in [2.45, 2.75) is 31.3 Å². The summed E-state index contributed by atoms with van der Waals surface area (Å²) in [5.41, 5.74) is 2.41. The highest BCUT2D eigenvalue weighted by Crippen LogP contribution is 2.25. The predicted octanol–water partition coefficient (Wildman–Crippen LogP) is 3.49. The van der Waals surface area contributed by atoms with Gasteiger partial charge in [-0.05, 0) is 24.0 Å². The fourth-order valence-corrected chi connectivity index (χ4v) is 2.87. The van der Waals surface area contributed by atoms with Gasteiger partial charge in [0.2, 0.25) is 0 Å². The van der Waals surface area contributed by atoms with Crippen LogP contribution >= 0.6 is 0 Å². The molecule has 0 aromatic heterocycles. The molecule has 0 saturated heterocycles. The van der Waals surface area contributed by atoms with E-state index < -0.39 is 0 Å². The molecule has 1 aliphatic carbocycles. The maximum Gasteiger partial charge on any atom is 0.149 e. The van der Waals surface area contributed by atoms with E-state index in [-0.39, 0.29) is 12.1 Å². The van der Waals surface area contributed by atoms with E-state index in [0.29, 0.717) is 12.2 Å². The molecule has 2 nitrogen and oxygen atoms in total. The molecule has 1 saturated carbocycles. The third-order valence-corrected chi connectivity index (χ3v) is 3.94. The van der Waals surface area contributed by atoms with Gasteiger partial charge in [-0.2, -0.15) is 0 Å². The van der Waals surface area contributed by atoms with Crippen molar-refractivity contribution in [3.05, 3.63) is 71.8 Å². The monoisotopic (exact) mass is 265 g/mol. The van der Waals surface area contributed by atoms with Crippen LogP contribution in [0, 0.1) is 0 Å². The first-order valence-electron chi connectivity index (χ1n) is 7.23. The van der Waals surface area contributed by atoms with E-state index in [9.17, 15) is 4.79 Å². The Hall–Kier alpha value is -1.93. The lowest BCUT2D eigenvalue weighted by molar-refractivity contribution is -0.119. The van der Waals surface area contributed by atoms with Gasteiger partial charge in [-0.15, -0.1) is 0 Å². The van der Waals surface area contributed by atoms with Gasteiger partial charge in [-0.25, -0.2) is 0 Å². The maximum atomic E-state index is 11.9. The van der Waals surface area contributed by atoms with Crippen LogP contribution in [0.3, 0.4) is 0 Å². The summed E-state index contributed by atoms with van der Waals surface area (Å²) in [7, 11) is 0. The minimum absolute atomic E-state index is 0.000382. The molecule has 0 bridgehead atoms. The lowest BCUT2D eigenvalue weighted by Gasteiger charge is -2.23. The Balaban J connectivity index is 1.90. The van der Waals surface area contributed by atoms with Crippen LogP contribution in [0.4, 0.5) is 0 Å². The minimum Gasteiger partial charge on any atom is -0.298 e. The van der Waals surface area contributed by atoms with E-state index in [0.717, 1.165) is 12.8 Å². The van der Waals surface area contributed by atoms with Crippen molar-refractivity contribution in [1.82, 2.24) is 5.32 Å². The number of carbonyl (C=O) groups is 1. The van der Waals surface area contributed by atoms with E-state index in [2.05, 4.69) is 29.6 Å². The molecule has 0 radical (unpaired) electrons. The number of benzene rings is 2. The number of nitrogens with one attached hydrogen (secondary N) is 1. The molecule has 102 valence electrons. The first kappa shape index (κ1) is 13.1. The highest BCUT2D eigenvalue weighted by molar-refractivity contribution is 5.86. The van der Waals surface area contributed by atoms with Crippen molar-refractivity contribution >= 4 is 5.78 Å². The standard InChI is InChI=1S/C18H19NO/c20-17-13-7-12-16(17)19-18(14-8-3-1-4-9-14)15-10-5-2-6-11-15/h1-6,8-11,16,18-19H,7,12-13H2. The molecule has 1 aliphatic rings. The Morgan fingerprint density at radius 3 is 1.90 bits per heavy atom. The minimum atomic E-state index is 0.000382. The Bertz CT molecular complexity index is 525. The topological polar surface area (TPSA) is 29.1 Å². The normalized spacial score (nSPS) is 18.6. The second-order valence-electron chi connectivity index (χ2n) is 5.33. The van der Waals surface area contributed by atoms with Crippen LogP contribution in [0.1, 0.15) is 36.4 Å². The first-order chi connectivity index (χ1) is 9.84. The van der Waals surface area contributed by atoms with Gasteiger partial charge >= 0.3 is 0 Å². The fraction of sp³-hybridized carbons (Fsp3) is 0.278. The van der Waals surface area contributed by atoms with E-state index in [1.54, 1.807) is 0 Å². The average Bonchev–Trinajstić information content (AvgIpc) is 2.92. The van der Waals surface area contributed by atoms with Gasteiger partial charge in [0.1, 0.15) is 5.78 Å². The zero-order valence-electron chi connectivity index (χ0n) is 11.5. The Morgan fingerprint density at radius 2 is 1.45 bits per heavy atom. The SMILES string of the molecule is O=C1CCCC1NC(c1ccccc1)c1ccccc1. The molecule has 1 fully saturated rings. The quantitative estimate of drug-likeness (QED) is 0.917. The van der Waals surface area contributed by atoms with Gasteiger partial charge in [0, 0.05) is 6.42 Å². The molecule has 2 aromatic rings. The highest BCUT2D eigenvalue weighted by Gasteiger charge is 2.27. The van der Waals surface area contributed by atoms with Crippen molar-refractivity contribution in [2.75, 3.05) is 0 Å². The molecule has 0 aliphatic heterocycles. The molecular weight excluding hydrogens is 246 g/mol. The lowest BCUT2D eigenvalue weighted by atomic mass is 9.97. The number of hydrogen-bond acceptors (Lipinski definition) is 2. The third-order valence-electron chi connectivity index (χ3n) is 3.94. The van der Waals surface area contributed by atoms with E-state index >= 15 is 0 Å². The number of ketones is 1. The molecule has 2 heteroatoms. The summed E-state index contributed by atoms with van der Waals surface area (Å²) < 4.78 is 0. The summed E-state index contributed by atoms with van der Waals surface area (Å²) in [5.74, 6) is 0.349. The third kappa shape index (κ3) is 2.81. The van der Waals surface area contributed by atoms with Gasteiger partial charge < -0.3 is 0 Å². The zero-order chi connectivity index (χ0) is 13.8. The smallest absolute Gasteiger partial charge is 0.149 e. The molecule has 0 amide bonds. The second kappa shape index (κ2) is 6.02. The summed E-state index contributed by atoms with van der Waals surface area (Å²) in [6.07, 6.45) is 2.68. The Kier molecular flexibility index (Phi) is 3.93. The molecule has 1 unspecified atom stereocenters. The summed E-state index contributed by atoms with van der Waals surface area (Å²) in [4.78, 5) is 11.9. The summed E-state index contributed by atoms with van der Waals surface area (Å²) >= 11 is 0. The van der Waals surface area contributed by atoms with Crippen molar-refractivity contribution in [2.24, 2.45) is 0 Å². The molecule has 0 spiro atoms.